The Morgan fingerprint density at radius 2 is 1.76 bits per heavy atom. The molecule has 172 valence electrons. The van der Waals surface area contributed by atoms with Gasteiger partial charge in [-0.05, 0) is 65.3 Å². The number of rotatable bonds is 10. The second kappa shape index (κ2) is 12.6. The molecule has 0 unspecified atom stereocenters. The average molecular weight is 597 g/mol. The Bertz CT molecular complexity index is 1120. The molecule has 0 spiro atoms. The van der Waals surface area contributed by atoms with Gasteiger partial charge in [0.25, 0.3) is 5.91 Å². The molecule has 0 fully saturated rings. The summed E-state index contributed by atoms with van der Waals surface area (Å²) < 4.78 is 18.8. The molecule has 0 atom stereocenters. The molecular formula is C24H21Br2ClN2O4. The van der Waals surface area contributed by atoms with E-state index in [-0.39, 0.29) is 12.5 Å². The molecule has 0 aromatic heterocycles. The third-order valence-electron chi connectivity index (χ3n) is 4.28. The Hall–Kier alpha value is -2.55. The molecule has 3 aromatic carbocycles. The highest BCUT2D eigenvalue weighted by molar-refractivity contribution is 9.10. The number of hydrogen-bond acceptors (Lipinski definition) is 5. The number of nitrogens with zero attached hydrogens (tertiary/aromatic N) is 1. The second-order valence-corrected chi connectivity index (χ2v) is 8.85. The molecule has 3 aromatic rings. The Morgan fingerprint density at radius 1 is 1.03 bits per heavy atom. The summed E-state index contributed by atoms with van der Waals surface area (Å²) in [7, 11) is 0. The first kappa shape index (κ1) is 25.1. The fraction of sp³-hybridized carbons (Fsp3) is 0.167. The third-order valence-corrected chi connectivity index (χ3v) is 5.86. The van der Waals surface area contributed by atoms with E-state index < -0.39 is 0 Å². The normalized spacial score (nSPS) is 10.8. The first-order valence-electron chi connectivity index (χ1n) is 9.99. The molecule has 1 amide bonds. The summed E-state index contributed by atoms with van der Waals surface area (Å²) >= 11 is 13.1. The van der Waals surface area contributed by atoms with Gasteiger partial charge in [-0.3, -0.25) is 4.79 Å². The first-order chi connectivity index (χ1) is 16.0. The van der Waals surface area contributed by atoms with Gasteiger partial charge in [0.1, 0.15) is 12.4 Å². The van der Waals surface area contributed by atoms with Crippen molar-refractivity contribution in [3.8, 4) is 17.2 Å². The van der Waals surface area contributed by atoms with Gasteiger partial charge >= 0.3 is 0 Å². The molecule has 0 bridgehead atoms. The first-order valence-corrected chi connectivity index (χ1v) is 12.0. The zero-order chi connectivity index (χ0) is 23.6. The molecule has 0 aliphatic carbocycles. The predicted molar refractivity (Wildman–Crippen MR) is 136 cm³/mol. The topological polar surface area (TPSA) is 69.2 Å². The van der Waals surface area contributed by atoms with E-state index in [1.54, 1.807) is 24.3 Å². The van der Waals surface area contributed by atoms with E-state index in [0.717, 1.165) is 14.5 Å². The van der Waals surface area contributed by atoms with Crippen LogP contribution in [0.3, 0.4) is 0 Å². The van der Waals surface area contributed by atoms with E-state index in [1.165, 1.54) is 6.21 Å². The van der Waals surface area contributed by atoms with Gasteiger partial charge in [-0.2, -0.15) is 5.10 Å². The van der Waals surface area contributed by atoms with Crippen molar-refractivity contribution < 1.29 is 19.0 Å². The minimum absolute atomic E-state index is 0.154. The van der Waals surface area contributed by atoms with Gasteiger partial charge in [0.2, 0.25) is 0 Å². The van der Waals surface area contributed by atoms with Crippen molar-refractivity contribution >= 4 is 55.6 Å². The van der Waals surface area contributed by atoms with Crippen LogP contribution < -0.4 is 19.6 Å². The molecule has 0 aliphatic rings. The van der Waals surface area contributed by atoms with E-state index in [9.17, 15) is 4.79 Å². The Morgan fingerprint density at radius 3 is 2.48 bits per heavy atom. The molecule has 0 radical (unpaired) electrons. The minimum Gasteiger partial charge on any atom is -0.490 e. The van der Waals surface area contributed by atoms with Crippen molar-refractivity contribution in [2.45, 2.75) is 13.5 Å². The molecule has 1 N–H and O–H groups in total. The average Bonchev–Trinajstić information content (AvgIpc) is 2.80. The zero-order valence-corrected chi connectivity index (χ0v) is 21.6. The molecular weight excluding hydrogens is 576 g/mol. The van der Waals surface area contributed by atoms with Gasteiger partial charge in [-0.1, -0.05) is 45.7 Å². The number of hydrazone groups is 1. The predicted octanol–water partition coefficient (Wildman–Crippen LogP) is 6.37. The van der Waals surface area contributed by atoms with Crippen LogP contribution >= 0.6 is 43.5 Å². The van der Waals surface area contributed by atoms with Gasteiger partial charge in [-0.15, -0.1) is 0 Å². The number of amides is 1. The van der Waals surface area contributed by atoms with Crippen molar-refractivity contribution in [1.29, 1.82) is 0 Å². The summed E-state index contributed by atoms with van der Waals surface area (Å²) in [5.74, 6) is 1.33. The fourth-order valence-corrected chi connectivity index (χ4v) is 3.57. The molecule has 9 heteroatoms. The summed E-state index contributed by atoms with van der Waals surface area (Å²) in [6, 6.07) is 18.3. The molecule has 33 heavy (non-hydrogen) atoms. The molecule has 0 heterocycles. The number of carbonyl (C=O) groups excluding carboxylic acids is 1. The standard InChI is InChI=1S/C24H21Br2ClN2O4/c1-2-31-22-11-17(13-28-29-24(30)15-32-19-9-7-18(25)8-10-19)20(26)12-23(22)33-14-16-5-3-4-6-21(16)27/h3-13H,2,14-15H2,1H3,(H,29,30)/b28-13-. The Labute approximate surface area is 214 Å². The van der Waals surface area contributed by atoms with Crippen LogP contribution in [-0.4, -0.2) is 25.3 Å². The Kier molecular flexibility index (Phi) is 9.60. The summed E-state index contributed by atoms with van der Waals surface area (Å²) in [5.41, 5.74) is 4.03. The molecule has 0 aliphatic heterocycles. The highest BCUT2D eigenvalue weighted by Crippen LogP contribution is 2.34. The summed E-state index contributed by atoms with van der Waals surface area (Å²) in [6.07, 6.45) is 1.52. The quantitative estimate of drug-likeness (QED) is 0.218. The van der Waals surface area contributed by atoms with Gasteiger partial charge in [0.15, 0.2) is 18.1 Å². The van der Waals surface area contributed by atoms with E-state index in [4.69, 9.17) is 25.8 Å². The summed E-state index contributed by atoms with van der Waals surface area (Å²) in [4.78, 5) is 12.0. The smallest absolute Gasteiger partial charge is 0.277 e. The second-order valence-electron chi connectivity index (χ2n) is 6.67. The highest BCUT2D eigenvalue weighted by Gasteiger charge is 2.11. The van der Waals surface area contributed by atoms with Gasteiger partial charge < -0.3 is 14.2 Å². The van der Waals surface area contributed by atoms with Crippen LogP contribution in [0.1, 0.15) is 18.1 Å². The van der Waals surface area contributed by atoms with Crippen LogP contribution in [0, 0.1) is 0 Å². The SMILES string of the molecule is CCOc1cc(/C=N\NC(=O)COc2ccc(Br)cc2)c(Br)cc1OCc1ccccc1Cl. The number of halogens is 3. The maximum Gasteiger partial charge on any atom is 0.277 e. The lowest BCUT2D eigenvalue weighted by molar-refractivity contribution is -0.123. The van der Waals surface area contributed by atoms with Gasteiger partial charge in [-0.25, -0.2) is 5.43 Å². The number of benzene rings is 3. The van der Waals surface area contributed by atoms with Crippen molar-refractivity contribution in [3.05, 3.63) is 85.8 Å². The highest BCUT2D eigenvalue weighted by atomic mass is 79.9. The van der Waals surface area contributed by atoms with Crippen LogP contribution in [-0.2, 0) is 11.4 Å². The van der Waals surface area contributed by atoms with Crippen molar-refractivity contribution in [3.63, 3.8) is 0 Å². The van der Waals surface area contributed by atoms with Crippen molar-refractivity contribution in [2.24, 2.45) is 5.10 Å². The molecule has 0 saturated heterocycles. The zero-order valence-electron chi connectivity index (χ0n) is 17.7. The minimum atomic E-state index is -0.380. The lowest BCUT2D eigenvalue weighted by Crippen LogP contribution is -2.24. The van der Waals surface area contributed by atoms with Crippen LogP contribution in [0.2, 0.25) is 5.02 Å². The van der Waals surface area contributed by atoms with Crippen molar-refractivity contribution in [1.82, 2.24) is 5.43 Å². The van der Waals surface area contributed by atoms with E-state index in [0.29, 0.717) is 41.0 Å². The summed E-state index contributed by atoms with van der Waals surface area (Å²) in [6.45, 7) is 2.50. The van der Waals surface area contributed by atoms with E-state index in [2.05, 4.69) is 42.4 Å². The third kappa shape index (κ3) is 7.77. The summed E-state index contributed by atoms with van der Waals surface area (Å²) in [5, 5.41) is 4.65. The fourth-order valence-electron chi connectivity index (χ4n) is 2.69. The lowest BCUT2D eigenvalue weighted by atomic mass is 10.2. The van der Waals surface area contributed by atoms with Crippen LogP contribution in [0.4, 0.5) is 0 Å². The van der Waals surface area contributed by atoms with Crippen LogP contribution in [0.25, 0.3) is 0 Å². The molecule has 3 rings (SSSR count). The van der Waals surface area contributed by atoms with Gasteiger partial charge in [0.05, 0.1) is 12.8 Å². The number of carbonyl (C=O) groups is 1. The van der Waals surface area contributed by atoms with Crippen LogP contribution in [0.5, 0.6) is 17.2 Å². The number of nitrogens with one attached hydrogen (secondary N) is 1. The van der Waals surface area contributed by atoms with Crippen molar-refractivity contribution in [2.75, 3.05) is 13.2 Å². The van der Waals surface area contributed by atoms with E-state index >= 15 is 0 Å². The number of ether oxygens (including phenoxy) is 3. The maximum atomic E-state index is 12.0. The lowest BCUT2D eigenvalue weighted by Gasteiger charge is -2.14. The largest absolute Gasteiger partial charge is 0.490 e. The number of hydrogen-bond donors (Lipinski definition) is 1. The molecule has 6 nitrogen and oxygen atoms in total. The molecule has 0 saturated carbocycles. The Balaban J connectivity index is 1.61. The monoisotopic (exact) mass is 594 g/mol. The maximum absolute atomic E-state index is 12.0. The van der Waals surface area contributed by atoms with Crippen LogP contribution in [0.15, 0.2) is 74.7 Å². The van der Waals surface area contributed by atoms with E-state index in [1.807, 2.05) is 43.3 Å². The van der Waals surface area contributed by atoms with Gasteiger partial charge in [0, 0.05) is 25.1 Å².